The molecule has 18 heavy (non-hydrogen) atoms. The van der Waals surface area contributed by atoms with Gasteiger partial charge in [0.1, 0.15) is 0 Å². The van der Waals surface area contributed by atoms with E-state index in [1.54, 1.807) is 22.7 Å². The number of ether oxygens (including phenoxy) is 1. The SMILES string of the molecule is CCOC(=O)CCc1csc(Cc2cccs2)n1. The van der Waals surface area contributed by atoms with Gasteiger partial charge in [0.25, 0.3) is 0 Å². The second-order valence-corrected chi connectivity index (χ2v) is 5.77. The first-order valence-electron chi connectivity index (χ1n) is 5.89. The van der Waals surface area contributed by atoms with Gasteiger partial charge in [-0.05, 0) is 18.4 Å². The third-order valence-corrected chi connectivity index (χ3v) is 4.17. The molecule has 0 aliphatic heterocycles. The van der Waals surface area contributed by atoms with E-state index in [4.69, 9.17) is 4.74 Å². The van der Waals surface area contributed by atoms with Gasteiger partial charge in [-0.3, -0.25) is 4.79 Å². The number of esters is 1. The van der Waals surface area contributed by atoms with Crippen LogP contribution < -0.4 is 0 Å². The molecule has 2 heterocycles. The summed E-state index contributed by atoms with van der Waals surface area (Å²) < 4.78 is 4.89. The molecule has 0 unspecified atom stereocenters. The summed E-state index contributed by atoms with van der Waals surface area (Å²) in [5.74, 6) is -0.148. The molecular formula is C13H15NO2S2. The van der Waals surface area contributed by atoms with Crippen molar-refractivity contribution in [2.45, 2.75) is 26.2 Å². The summed E-state index contributed by atoms with van der Waals surface area (Å²) in [6, 6.07) is 4.17. The number of carbonyl (C=O) groups excluding carboxylic acids is 1. The predicted octanol–water partition coefficient (Wildman–Crippen LogP) is 3.29. The van der Waals surface area contributed by atoms with Gasteiger partial charge in [-0.15, -0.1) is 22.7 Å². The van der Waals surface area contributed by atoms with Gasteiger partial charge in [-0.25, -0.2) is 4.98 Å². The first kappa shape index (κ1) is 13.2. The van der Waals surface area contributed by atoms with Crippen LogP contribution in [-0.2, 0) is 22.4 Å². The summed E-state index contributed by atoms with van der Waals surface area (Å²) in [6.45, 7) is 2.26. The largest absolute Gasteiger partial charge is 0.466 e. The molecule has 0 aliphatic rings. The third kappa shape index (κ3) is 3.92. The first-order valence-corrected chi connectivity index (χ1v) is 7.65. The number of thiazole rings is 1. The molecule has 0 aliphatic carbocycles. The van der Waals surface area contributed by atoms with Crippen molar-refractivity contribution in [2.24, 2.45) is 0 Å². The normalized spacial score (nSPS) is 10.5. The molecule has 2 rings (SSSR count). The Bertz CT molecular complexity index is 491. The van der Waals surface area contributed by atoms with Crippen molar-refractivity contribution in [2.75, 3.05) is 6.61 Å². The minimum atomic E-state index is -0.148. The number of rotatable bonds is 6. The fourth-order valence-corrected chi connectivity index (χ4v) is 3.22. The molecule has 0 atom stereocenters. The minimum Gasteiger partial charge on any atom is -0.466 e. The lowest BCUT2D eigenvalue weighted by molar-refractivity contribution is -0.143. The summed E-state index contributed by atoms with van der Waals surface area (Å²) in [7, 11) is 0. The summed E-state index contributed by atoms with van der Waals surface area (Å²) in [4.78, 5) is 17.1. The fourth-order valence-electron chi connectivity index (χ4n) is 1.57. The Morgan fingerprint density at radius 1 is 1.44 bits per heavy atom. The summed E-state index contributed by atoms with van der Waals surface area (Å²) >= 11 is 3.40. The zero-order valence-electron chi connectivity index (χ0n) is 10.2. The van der Waals surface area contributed by atoms with Crippen molar-refractivity contribution in [3.05, 3.63) is 38.5 Å². The van der Waals surface area contributed by atoms with E-state index in [2.05, 4.69) is 22.5 Å². The van der Waals surface area contributed by atoms with Crippen LogP contribution in [0.2, 0.25) is 0 Å². The van der Waals surface area contributed by atoms with Gasteiger partial charge in [0, 0.05) is 23.1 Å². The van der Waals surface area contributed by atoms with Gasteiger partial charge in [0.05, 0.1) is 23.7 Å². The number of thiophene rings is 1. The number of carbonyl (C=O) groups is 1. The van der Waals surface area contributed by atoms with Crippen molar-refractivity contribution in [3.8, 4) is 0 Å². The minimum absolute atomic E-state index is 0.148. The topological polar surface area (TPSA) is 39.2 Å². The number of nitrogens with zero attached hydrogens (tertiary/aromatic N) is 1. The monoisotopic (exact) mass is 281 g/mol. The van der Waals surface area contributed by atoms with Crippen molar-refractivity contribution in [1.29, 1.82) is 0 Å². The van der Waals surface area contributed by atoms with E-state index in [1.807, 2.05) is 12.3 Å². The van der Waals surface area contributed by atoms with E-state index in [1.165, 1.54) is 4.88 Å². The van der Waals surface area contributed by atoms with Gasteiger partial charge >= 0.3 is 5.97 Å². The second-order valence-electron chi connectivity index (χ2n) is 3.79. The molecule has 0 radical (unpaired) electrons. The lowest BCUT2D eigenvalue weighted by Crippen LogP contribution is -2.05. The molecule has 0 amide bonds. The lowest BCUT2D eigenvalue weighted by Gasteiger charge is -1.99. The van der Waals surface area contributed by atoms with Crippen LogP contribution in [0, 0.1) is 0 Å². The Labute approximate surface area is 114 Å². The third-order valence-electron chi connectivity index (χ3n) is 2.40. The molecule has 0 bridgehead atoms. The Hall–Kier alpha value is -1.20. The molecule has 5 heteroatoms. The maximum atomic E-state index is 11.2. The predicted molar refractivity (Wildman–Crippen MR) is 74.2 cm³/mol. The molecule has 96 valence electrons. The molecular weight excluding hydrogens is 266 g/mol. The zero-order chi connectivity index (χ0) is 12.8. The molecule has 0 saturated heterocycles. The van der Waals surface area contributed by atoms with E-state index in [-0.39, 0.29) is 5.97 Å². The van der Waals surface area contributed by atoms with E-state index in [9.17, 15) is 4.79 Å². The molecule has 0 N–H and O–H groups in total. The quantitative estimate of drug-likeness (QED) is 0.763. The van der Waals surface area contributed by atoms with Gasteiger partial charge in [0.2, 0.25) is 0 Å². The van der Waals surface area contributed by atoms with Crippen LogP contribution in [0.5, 0.6) is 0 Å². The zero-order valence-corrected chi connectivity index (χ0v) is 11.9. The number of hydrogen-bond donors (Lipinski definition) is 0. The van der Waals surface area contributed by atoms with E-state index >= 15 is 0 Å². The van der Waals surface area contributed by atoms with Crippen LogP contribution in [0.1, 0.15) is 28.9 Å². The van der Waals surface area contributed by atoms with E-state index < -0.39 is 0 Å². The van der Waals surface area contributed by atoms with Gasteiger partial charge in [-0.1, -0.05) is 6.07 Å². The fraction of sp³-hybridized carbons (Fsp3) is 0.385. The van der Waals surface area contributed by atoms with Crippen LogP contribution >= 0.6 is 22.7 Å². The Morgan fingerprint density at radius 3 is 3.06 bits per heavy atom. The van der Waals surface area contributed by atoms with Crippen molar-refractivity contribution in [3.63, 3.8) is 0 Å². The van der Waals surface area contributed by atoms with Crippen LogP contribution in [0.4, 0.5) is 0 Å². The van der Waals surface area contributed by atoms with Crippen LogP contribution in [-0.4, -0.2) is 17.6 Å². The summed E-state index contributed by atoms with van der Waals surface area (Å²) in [5, 5.41) is 5.21. The number of aromatic nitrogens is 1. The molecule has 2 aromatic heterocycles. The second kappa shape index (κ2) is 6.66. The van der Waals surface area contributed by atoms with Gasteiger partial charge < -0.3 is 4.74 Å². The van der Waals surface area contributed by atoms with E-state index in [0.717, 1.165) is 17.1 Å². The van der Waals surface area contributed by atoms with Crippen molar-refractivity contribution >= 4 is 28.6 Å². The highest BCUT2D eigenvalue weighted by atomic mass is 32.1. The average molecular weight is 281 g/mol. The van der Waals surface area contributed by atoms with Crippen LogP contribution in [0.25, 0.3) is 0 Å². The molecule has 0 fully saturated rings. The lowest BCUT2D eigenvalue weighted by atomic mass is 10.2. The molecule has 0 aromatic carbocycles. The summed E-state index contributed by atoms with van der Waals surface area (Å²) in [6.07, 6.45) is 1.97. The van der Waals surface area contributed by atoms with Crippen molar-refractivity contribution < 1.29 is 9.53 Å². The first-order chi connectivity index (χ1) is 8.78. The maximum Gasteiger partial charge on any atom is 0.306 e. The Kier molecular flexibility index (Phi) is 4.90. The van der Waals surface area contributed by atoms with Gasteiger partial charge in [0.15, 0.2) is 0 Å². The van der Waals surface area contributed by atoms with E-state index in [0.29, 0.717) is 19.4 Å². The van der Waals surface area contributed by atoms with Crippen LogP contribution in [0.15, 0.2) is 22.9 Å². The van der Waals surface area contributed by atoms with Crippen LogP contribution in [0.3, 0.4) is 0 Å². The highest BCUT2D eigenvalue weighted by Crippen LogP contribution is 2.18. The standard InChI is InChI=1S/C13H15NO2S2/c1-2-16-13(15)6-5-10-9-18-12(14-10)8-11-4-3-7-17-11/h3-4,7,9H,2,5-6,8H2,1H3. The molecule has 2 aromatic rings. The Morgan fingerprint density at radius 2 is 2.33 bits per heavy atom. The number of hydrogen-bond acceptors (Lipinski definition) is 5. The molecule has 0 spiro atoms. The molecule has 0 saturated carbocycles. The highest BCUT2D eigenvalue weighted by Gasteiger charge is 2.07. The summed E-state index contributed by atoms with van der Waals surface area (Å²) in [5.41, 5.74) is 0.986. The average Bonchev–Trinajstić information content (AvgIpc) is 2.99. The Balaban J connectivity index is 1.84. The van der Waals surface area contributed by atoms with Crippen molar-refractivity contribution in [1.82, 2.24) is 4.98 Å². The molecule has 3 nitrogen and oxygen atoms in total. The number of aryl methyl sites for hydroxylation is 1. The maximum absolute atomic E-state index is 11.2. The van der Waals surface area contributed by atoms with Gasteiger partial charge in [-0.2, -0.15) is 0 Å². The smallest absolute Gasteiger partial charge is 0.306 e. The highest BCUT2D eigenvalue weighted by molar-refractivity contribution is 7.11.